The van der Waals surface area contributed by atoms with Crippen LogP contribution >= 0.6 is 0 Å². The normalized spacial score (nSPS) is 15.5. The fourth-order valence-corrected chi connectivity index (χ4v) is 3.76. The molecule has 1 aliphatic heterocycles. The van der Waals surface area contributed by atoms with Gasteiger partial charge in [0.2, 0.25) is 0 Å². The topological polar surface area (TPSA) is 46.5 Å². The first kappa shape index (κ1) is 17.2. The lowest BCUT2D eigenvalue weighted by atomic mass is 10.1. The third-order valence-corrected chi connectivity index (χ3v) is 5.06. The summed E-state index contributed by atoms with van der Waals surface area (Å²) in [5.74, 6) is 0.718. The summed E-state index contributed by atoms with van der Waals surface area (Å²) in [4.78, 5) is 15.1. The first-order chi connectivity index (χ1) is 13.2. The molecule has 0 aliphatic carbocycles. The van der Waals surface area contributed by atoms with E-state index in [1.807, 2.05) is 47.4 Å². The molecule has 5 nitrogen and oxygen atoms in total. The van der Waals surface area contributed by atoms with E-state index < -0.39 is 0 Å². The maximum Gasteiger partial charge on any atom is 0.322 e. The van der Waals surface area contributed by atoms with E-state index in [2.05, 4.69) is 41.2 Å². The van der Waals surface area contributed by atoms with Gasteiger partial charge in [0.05, 0.1) is 25.4 Å². The lowest BCUT2D eigenvalue weighted by molar-refractivity contribution is 0.181. The molecule has 0 saturated carbocycles. The minimum atomic E-state index is -0.112. The van der Waals surface area contributed by atoms with Gasteiger partial charge in [0, 0.05) is 23.6 Å². The van der Waals surface area contributed by atoms with Crippen LogP contribution in [0.1, 0.15) is 30.6 Å². The number of aromatic nitrogens is 1. The number of para-hydroxylation sites is 1. The monoisotopic (exact) mass is 361 g/mol. The fraction of sp³-hybridized carbons (Fsp3) is 0.227. The minimum absolute atomic E-state index is 0.00184. The summed E-state index contributed by atoms with van der Waals surface area (Å²) in [6.45, 7) is 2.68. The van der Waals surface area contributed by atoms with Gasteiger partial charge in [-0.15, -0.1) is 0 Å². The highest BCUT2D eigenvalue weighted by Gasteiger charge is 2.30. The molecular formula is C22H23N3O2. The molecule has 1 unspecified atom stereocenters. The Morgan fingerprint density at radius 1 is 1.15 bits per heavy atom. The molecule has 0 spiro atoms. The molecule has 1 N–H and O–H groups in total. The molecule has 1 atom stereocenters. The SMILES string of the molecule is CCC1c2cccn2-c2ccccc2CN1C(=O)Nc1cccc(OC)c1. The van der Waals surface area contributed by atoms with Gasteiger partial charge in [0.15, 0.2) is 0 Å². The van der Waals surface area contributed by atoms with Crippen molar-refractivity contribution >= 4 is 11.7 Å². The van der Waals surface area contributed by atoms with Crippen LogP contribution < -0.4 is 10.1 Å². The highest BCUT2D eigenvalue weighted by molar-refractivity contribution is 5.90. The number of benzene rings is 2. The molecule has 0 bridgehead atoms. The summed E-state index contributed by atoms with van der Waals surface area (Å²) in [5.41, 5.74) is 4.12. The molecule has 3 aromatic rings. The van der Waals surface area contributed by atoms with Gasteiger partial charge in [-0.2, -0.15) is 0 Å². The van der Waals surface area contributed by atoms with Crippen molar-refractivity contribution in [3.8, 4) is 11.4 Å². The average molecular weight is 361 g/mol. The summed E-state index contributed by atoms with van der Waals surface area (Å²) in [5, 5.41) is 3.03. The average Bonchev–Trinajstić information content (AvgIpc) is 3.12. The van der Waals surface area contributed by atoms with E-state index in [0.717, 1.165) is 34.8 Å². The van der Waals surface area contributed by atoms with Crippen molar-refractivity contribution in [1.29, 1.82) is 0 Å². The van der Waals surface area contributed by atoms with Crippen molar-refractivity contribution < 1.29 is 9.53 Å². The zero-order valence-corrected chi connectivity index (χ0v) is 15.6. The second-order valence-corrected chi connectivity index (χ2v) is 6.65. The van der Waals surface area contributed by atoms with E-state index >= 15 is 0 Å². The Bertz CT molecular complexity index is 963. The second-order valence-electron chi connectivity index (χ2n) is 6.65. The molecule has 27 heavy (non-hydrogen) atoms. The summed E-state index contributed by atoms with van der Waals surface area (Å²) in [6, 6.07) is 19.7. The van der Waals surface area contributed by atoms with Crippen LogP contribution in [0.25, 0.3) is 5.69 Å². The number of nitrogens with one attached hydrogen (secondary N) is 1. The van der Waals surface area contributed by atoms with Crippen molar-refractivity contribution in [2.45, 2.75) is 25.9 Å². The first-order valence-electron chi connectivity index (χ1n) is 9.18. The fourth-order valence-electron chi connectivity index (χ4n) is 3.76. The maximum atomic E-state index is 13.2. The Labute approximate surface area is 159 Å². The van der Waals surface area contributed by atoms with Crippen LogP contribution in [0, 0.1) is 0 Å². The molecule has 0 saturated heterocycles. The van der Waals surface area contributed by atoms with Crippen molar-refractivity contribution in [3.63, 3.8) is 0 Å². The van der Waals surface area contributed by atoms with Crippen LogP contribution in [0.5, 0.6) is 5.75 Å². The molecule has 2 heterocycles. The highest BCUT2D eigenvalue weighted by Crippen LogP contribution is 2.34. The Balaban J connectivity index is 1.70. The zero-order valence-electron chi connectivity index (χ0n) is 15.6. The van der Waals surface area contributed by atoms with Crippen LogP contribution in [0.4, 0.5) is 10.5 Å². The highest BCUT2D eigenvalue weighted by atomic mass is 16.5. The van der Waals surface area contributed by atoms with Crippen molar-refractivity contribution in [3.05, 3.63) is 78.1 Å². The molecule has 1 aromatic heterocycles. The van der Waals surface area contributed by atoms with Gasteiger partial charge in [-0.25, -0.2) is 4.79 Å². The smallest absolute Gasteiger partial charge is 0.322 e. The number of amides is 2. The zero-order chi connectivity index (χ0) is 18.8. The predicted octanol–water partition coefficient (Wildman–Crippen LogP) is 4.98. The Hall–Kier alpha value is -3.21. The molecule has 5 heteroatoms. The molecule has 2 aromatic carbocycles. The summed E-state index contributed by atoms with van der Waals surface area (Å²) < 4.78 is 7.46. The van der Waals surface area contributed by atoms with E-state index in [0.29, 0.717) is 6.54 Å². The molecule has 0 radical (unpaired) electrons. The van der Waals surface area contributed by atoms with E-state index in [4.69, 9.17) is 4.74 Å². The van der Waals surface area contributed by atoms with Gasteiger partial charge < -0.3 is 19.5 Å². The van der Waals surface area contributed by atoms with Crippen LogP contribution in [-0.2, 0) is 6.54 Å². The second kappa shape index (κ2) is 7.19. The van der Waals surface area contributed by atoms with Crippen LogP contribution in [0.15, 0.2) is 66.9 Å². The van der Waals surface area contributed by atoms with Crippen molar-refractivity contribution in [2.24, 2.45) is 0 Å². The lowest BCUT2D eigenvalue weighted by Gasteiger charge is -2.29. The summed E-state index contributed by atoms with van der Waals surface area (Å²) in [7, 11) is 1.62. The quantitative estimate of drug-likeness (QED) is 0.715. The third kappa shape index (κ3) is 3.16. The van der Waals surface area contributed by atoms with E-state index in [1.54, 1.807) is 7.11 Å². The molecule has 138 valence electrons. The van der Waals surface area contributed by atoms with Crippen molar-refractivity contribution in [2.75, 3.05) is 12.4 Å². The Kier molecular flexibility index (Phi) is 4.59. The van der Waals surface area contributed by atoms with Crippen LogP contribution in [0.3, 0.4) is 0 Å². The lowest BCUT2D eigenvalue weighted by Crippen LogP contribution is -2.37. The molecule has 1 aliphatic rings. The number of methoxy groups -OCH3 is 1. The first-order valence-corrected chi connectivity index (χ1v) is 9.18. The molecular weight excluding hydrogens is 338 g/mol. The number of hydrogen-bond acceptors (Lipinski definition) is 2. The van der Waals surface area contributed by atoms with Gasteiger partial charge in [-0.3, -0.25) is 0 Å². The maximum absolute atomic E-state index is 13.2. The largest absolute Gasteiger partial charge is 0.497 e. The third-order valence-electron chi connectivity index (χ3n) is 5.06. The summed E-state index contributed by atoms with van der Waals surface area (Å²) >= 11 is 0. The van der Waals surface area contributed by atoms with E-state index in [1.165, 1.54) is 0 Å². The Morgan fingerprint density at radius 2 is 2.00 bits per heavy atom. The number of anilines is 1. The van der Waals surface area contributed by atoms with Crippen molar-refractivity contribution in [1.82, 2.24) is 9.47 Å². The van der Waals surface area contributed by atoms with Crippen LogP contribution in [-0.4, -0.2) is 22.6 Å². The molecule has 4 rings (SSSR count). The molecule has 2 amide bonds. The number of fused-ring (bicyclic) bond motifs is 3. The number of rotatable bonds is 3. The van der Waals surface area contributed by atoms with Gasteiger partial charge in [-0.05, 0) is 42.3 Å². The van der Waals surface area contributed by atoms with Gasteiger partial charge >= 0.3 is 6.03 Å². The number of ether oxygens (including phenoxy) is 1. The van der Waals surface area contributed by atoms with Gasteiger partial charge in [0.1, 0.15) is 5.75 Å². The number of carbonyl (C=O) groups is 1. The van der Waals surface area contributed by atoms with E-state index in [9.17, 15) is 4.79 Å². The number of hydrogen-bond donors (Lipinski definition) is 1. The molecule has 0 fully saturated rings. The number of urea groups is 1. The standard InChI is InChI=1S/C22H23N3O2/c1-3-19-21-12-7-13-24(21)20-11-5-4-8-16(20)15-25(19)22(26)23-17-9-6-10-18(14-17)27-2/h4-14,19H,3,15H2,1-2H3,(H,23,26). The van der Waals surface area contributed by atoms with Gasteiger partial charge in [-0.1, -0.05) is 31.2 Å². The van der Waals surface area contributed by atoms with Gasteiger partial charge in [0.25, 0.3) is 0 Å². The number of carbonyl (C=O) groups excluding carboxylic acids is 1. The predicted molar refractivity (Wildman–Crippen MR) is 106 cm³/mol. The number of nitrogens with zero attached hydrogens (tertiary/aromatic N) is 2. The minimum Gasteiger partial charge on any atom is -0.497 e. The Morgan fingerprint density at radius 3 is 2.81 bits per heavy atom. The van der Waals surface area contributed by atoms with Crippen LogP contribution in [0.2, 0.25) is 0 Å². The summed E-state index contributed by atoms with van der Waals surface area (Å²) in [6.07, 6.45) is 2.91. The van der Waals surface area contributed by atoms with E-state index in [-0.39, 0.29) is 12.1 Å².